The summed E-state index contributed by atoms with van der Waals surface area (Å²) in [6.07, 6.45) is 1.93. The SMILES string of the molecule is Cc1cc(Nc2nc([SH]3C=CC(NC(=O)C(C)C)=C3)nc3ccccc23)[nH]n1. The number of carbonyl (C=O) groups is 1. The smallest absolute Gasteiger partial charge is 0.226 e. The second-order valence-electron chi connectivity index (χ2n) is 6.89. The highest BCUT2D eigenvalue weighted by Crippen LogP contribution is 2.43. The van der Waals surface area contributed by atoms with Crippen molar-refractivity contribution >= 4 is 39.3 Å². The van der Waals surface area contributed by atoms with Gasteiger partial charge in [0, 0.05) is 23.1 Å². The topological polar surface area (TPSA) is 95.6 Å². The van der Waals surface area contributed by atoms with Crippen LogP contribution in [0, 0.1) is 12.8 Å². The number of rotatable bonds is 5. The number of hydrogen-bond donors (Lipinski definition) is 4. The van der Waals surface area contributed by atoms with E-state index in [0.717, 1.165) is 39.1 Å². The molecule has 1 unspecified atom stereocenters. The van der Waals surface area contributed by atoms with Gasteiger partial charge in [0.15, 0.2) is 5.16 Å². The second-order valence-corrected chi connectivity index (χ2v) is 8.66. The van der Waals surface area contributed by atoms with Crippen molar-refractivity contribution in [1.29, 1.82) is 0 Å². The molecule has 4 rings (SSSR count). The number of hydrogen-bond acceptors (Lipinski definition) is 5. The molecule has 0 radical (unpaired) electrons. The van der Waals surface area contributed by atoms with Crippen LogP contribution in [-0.2, 0) is 4.79 Å². The molecule has 1 atom stereocenters. The number of fused-ring (bicyclic) bond motifs is 1. The molecule has 144 valence electrons. The maximum atomic E-state index is 11.9. The summed E-state index contributed by atoms with van der Waals surface area (Å²) in [5.74, 6) is 1.45. The number of aryl methyl sites for hydroxylation is 1. The lowest BCUT2D eigenvalue weighted by Gasteiger charge is -2.13. The van der Waals surface area contributed by atoms with Crippen LogP contribution in [0.5, 0.6) is 0 Å². The van der Waals surface area contributed by atoms with Gasteiger partial charge >= 0.3 is 0 Å². The largest absolute Gasteiger partial charge is 0.325 e. The van der Waals surface area contributed by atoms with Gasteiger partial charge in [0.2, 0.25) is 5.91 Å². The molecule has 0 spiro atoms. The molecule has 1 aliphatic rings. The molecule has 0 aliphatic carbocycles. The zero-order valence-corrected chi connectivity index (χ0v) is 16.8. The summed E-state index contributed by atoms with van der Waals surface area (Å²) in [5, 5.41) is 19.1. The van der Waals surface area contributed by atoms with Crippen LogP contribution < -0.4 is 10.6 Å². The van der Waals surface area contributed by atoms with Gasteiger partial charge in [-0.15, -0.1) is 10.9 Å². The van der Waals surface area contributed by atoms with Crippen molar-refractivity contribution < 1.29 is 4.79 Å². The quantitative estimate of drug-likeness (QED) is 0.389. The van der Waals surface area contributed by atoms with Crippen LogP contribution in [-0.4, -0.2) is 26.1 Å². The number of aromatic nitrogens is 4. The molecule has 0 bridgehead atoms. The minimum atomic E-state index is -0.834. The summed E-state index contributed by atoms with van der Waals surface area (Å²) >= 11 is 0. The fourth-order valence-electron chi connectivity index (χ4n) is 2.77. The third kappa shape index (κ3) is 3.77. The number of H-pyrrole nitrogens is 1. The minimum absolute atomic E-state index is 0.00384. The Hall–Kier alpha value is -3.13. The second kappa shape index (κ2) is 7.47. The first-order valence-electron chi connectivity index (χ1n) is 9.04. The molecule has 2 aromatic heterocycles. The Morgan fingerprint density at radius 1 is 1.21 bits per heavy atom. The number of thiol groups is 1. The molecule has 28 heavy (non-hydrogen) atoms. The van der Waals surface area contributed by atoms with Crippen LogP contribution in [0.1, 0.15) is 19.5 Å². The molecular weight excluding hydrogens is 372 g/mol. The zero-order valence-electron chi connectivity index (χ0n) is 15.9. The van der Waals surface area contributed by atoms with Crippen molar-refractivity contribution in [2.75, 3.05) is 5.32 Å². The normalized spacial score (nSPS) is 17.1. The molecule has 7 nitrogen and oxygen atoms in total. The van der Waals surface area contributed by atoms with E-state index in [1.165, 1.54) is 0 Å². The van der Waals surface area contributed by atoms with E-state index < -0.39 is 10.9 Å². The van der Waals surface area contributed by atoms with E-state index in [1.807, 2.05) is 62.6 Å². The summed E-state index contributed by atoms with van der Waals surface area (Å²) in [7, 11) is -0.834. The number of carbonyl (C=O) groups excluding carboxylic acids is 1. The van der Waals surface area contributed by atoms with Gasteiger partial charge in [0.1, 0.15) is 11.6 Å². The van der Waals surface area contributed by atoms with Crippen LogP contribution >= 0.6 is 10.9 Å². The molecule has 1 aromatic carbocycles. The predicted octanol–water partition coefficient (Wildman–Crippen LogP) is 3.91. The molecule has 0 saturated heterocycles. The summed E-state index contributed by atoms with van der Waals surface area (Å²) in [5.41, 5.74) is 2.58. The first-order valence-corrected chi connectivity index (χ1v) is 10.5. The van der Waals surface area contributed by atoms with E-state index in [2.05, 4.69) is 26.2 Å². The van der Waals surface area contributed by atoms with E-state index in [1.54, 1.807) is 0 Å². The van der Waals surface area contributed by atoms with Gasteiger partial charge in [-0.1, -0.05) is 26.0 Å². The number of amides is 1. The van der Waals surface area contributed by atoms with Crippen molar-refractivity contribution in [3.63, 3.8) is 0 Å². The van der Waals surface area contributed by atoms with E-state index in [-0.39, 0.29) is 11.8 Å². The van der Waals surface area contributed by atoms with Crippen LogP contribution in [0.3, 0.4) is 0 Å². The molecule has 3 N–H and O–H groups in total. The van der Waals surface area contributed by atoms with Gasteiger partial charge in [0.05, 0.1) is 11.2 Å². The third-order valence-electron chi connectivity index (χ3n) is 4.27. The molecule has 1 amide bonds. The lowest BCUT2D eigenvalue weighted by atomic mass is 10.2. The van der Waals surface area contributed by atoms with Gasteiger partial charge in [-0.05, 0) is 35.9 Å². The molecule has 3 aromatic rings. The predicted molar refractivity (Wildman–Crippen MR) is 114 cm³/mol. The average Bonchev–Trinajstić information content (AvgIpc) is 3.30. The minimum Gasteiger partial charge on any atom is -0.325 e. The molecule has 8 heteroatoms. The Morgan fingerprint density at radius 3 is 2.79 bits per heavy atom. The highest BCUT2D eigenvalue weighted by atomic mass is 32.2. The molecule has 3 heterocycles. The highest BCUT2D eigenvalue weighted by molar-refractivity contribution is 8.22. The number of nitrogens with zero attached hydrogens (tertiary/aromatic N) is 3. The molecule has 0 fully saturated rings. The number of nitrogens with one attached hydrogen (secondary N) is 3. The Balaban J connectivity index is 1.67. The Bertz CT molecular complexity index is 1100. The van der Waals surface area contributed by atoms with Gasteiger partial charge in [-0.25, -0.2) is 9.97 Å². The summed E-state index contributed by atoms with van der Waals surface area (Å²) in [6, 6.07) is 9.83. The Morgan fingerprint density at radius 2 is 2.04 bits per heavy atom. The van der Waals surface area contributed by atoms with E-state index in [0.29, 0.717) is 0 Å². The monoisotopic (exact) mass is 394 g/mol. The number of benzene rings is 1. The van der Waals surface area contributed by atoms with Gasteiger partial charge < -0.3 is 10.6 Å². The number of allylic oxidation sites excluding steroid dienone is 1. The van der Waals surface area contributed by atoms with Crippen LogP contribution in [0.15, 0.2) is 58.1 Å². The van der Waals surface area contributed by atoms with Crippen LogP contribution in [0.2, 0.25) is 0 Å². The third-order valence-corrected chi connectivity index (χ3v) is 5.95. The van der Waals surface area contributed by atoms with Gasteiger partial charge in [-0.2, -0.15) is 5.10 Å². The van der Waals surface area contributed by atoms with Crippen molar-refractivity contribution in [1.82, 2.24) is 25.5 Å². The van der Waals surface area contributed by atoms with Crippen molar-refractivity contribution in [2.24, 2.45) is 5.92 Å². The van der Waals surface area contributed by atoms with E-state index >= 15 is 0 Å². The number of anilines is 2. The standard InChI is InChI=1S/C20H22N6OS/c1-12(2)19(27)21-14-8-9-28(11-14)20-22-16-7-5-4-6-15(16)18(24-20)23-17-10-13(3)25-26-17/h4-12,28H,1-3H3,(H,21,27)(H2,22,23,24,25,26). The van der Waals surface area contributed by atoms with Gasteiger partial charge in [-0.3, -0.25) is 9.89 Å². The molecular formula is C20H22N6OS. The van der Waals surface area contributed by atoms with E-state index in [4.69, 9.17) is 9.97 Å². The number of para-hydroxylation sites is 1. The van der Waals surface area contributed by atoms with E-state index in [9.17, 15) is 4.79 Å². The summed E-state index contributed by atoms with van der Waals surface area (Å²) in [6.45, 7) is 5.67. The lowest BCUT2D eigenvalue weighted by molar-refractivity contribution is -0.123. The Kier molecular flexibility index (Phi) is 4.87. The zero-order chi connectivity index (χ0) is 19.7. The maximum absolute atomic E-state index is 11.9. The lowest BCUT2D eigenvalue weighted by Crippen LogP contribution is -2.25. The summed E-state index contributed by atoms with van der Waals surface area (Å²) in [4.78, 5) is 21.5. The highest BCUT2D eigenvalue weighted by Gasteiger charge is 2.17. The fraction of sp³-hybridized carbons (Fsp3) is 0.200. The number of aromatic amines is 1. The summed E-state index contributed by atoms with van der Waals surface area (Å²) < 4.78 is 0. The van der Waals surface area contributed by atoms with Gasteiger partial charge in [0.25, 0.3) is 0 Å². The van der Waals surface area contributed by atoms with Crippen molar-refractivity contribution in [3.05, 3.63) is 58.6 Å². The molecule has 0 saturated carbocycles. The fourth-order valence-corrected chi connectivity index (χ4v) is 4.32. The van der Waals surface area contributed by atoms with Crippen molar-refractivity contribution in [3.8, 4) is 0 Å². The average molecular weight is 395 g/mol. The van der Waals surface area contributed by atoms with Crippen LogP contribution in [0.25, 0.3) is 10.9 Å². The van der Waals surface area contributed by atoms with Crippen LogP contribution in [0.4, 0.5) is 11.6 Å². The molecule has 1 aliphatic heterocycles. The maximum Gasteiger partial charge on any atom is 0.226 e. The Labute approximate surface area is 165 Å². The first kappa shape index (κ1) is 18.2. The first-order chi connectivity index (χ1) is 13.5. The van der Waals surface area contributed by atoms with Crippen molar-refractivity contribution in [2.45, 2.75) is 25.9 Å².